The zero-order valence-electron chi connectivity index (χ0n) is 8.45. The molecule has 4 heteroatoms. The number of nitriles is 1. The first kappa shape index (κ1) is 11.2. The molecule has 0 amide bonds. The van der Waals surface area contributed by atoms with Crippen molar-refractivity contribution in [2.24, 2.45) is 0 Å². The largest absolute Gasteiger partial charge is 0.473 e. The van der Waals surface area contributed by atoms with Gasteiger partial charge in [0.05, 0.1) is 0 Å². The average molecular weight is 207 g/mol. The maximum Gasteiger partial charge on any atom is 0.181 e. The molecule has 0 aliphatic rings. The summed E-state index contributed by atoms with van der Waals surface area (Å²) in [4.78, 5) is 10.9. The lowest BCUT2D eigenvalue weighted by Crippen LogP contribution is -2.09. The summed E-state index contributed by atoms with van der Waals surface area (Å²) < 4.78 is 18.3. The van der Waals surface area contributed by atoms with E-state index in [0.717, 1.165) is 6.07 Å². The summed E-state index contributed by atoms with van der Waals surface area (Å²) in [5.41, 5.74) is 0.282. The first-order valence-corrected chi connectivity index (χ1v) is 4.41. The molecule has 1 rings (SSSR count). The number of halogens is 1. The zero-order valence-corrected chi connectivity index (χ0v) is 8.45. The Bertz CT molecular complexity index is 423. The normalized spacial score (nSPS) is 11.6. The quantitative estimate of drug-likeness (QED) is 0.714. The van der Waals surface area contributed by atoms with Crippen molar-refractivity contribution in [1.29, 1.82) is 5.26 Å². The molecule has 0 saturated heterocycles. The maximum absolute atomic E-state index is 13.3. The van der Waals surface area contributed by atoms with Crippen molar-refractivity contribution >= 4 is 5.78 Å². The van der Waals surface area contributed by atoms with E-state index >= 15 is 0 Å². The van der Waals surface area contributed by atoms with Gasteiger partial charge in [0.2, 0.25) is 0 Å². The molecule has 0 bridgehead atoms. The second-order valence-electron chi connectivity index (χ2n) is 3.09. The molecule has 0 spiro atoms. The van der Waals surface area contributed by atoms with Crippen LogP contribution >= 0.6 is 0 Å². The van der Waals surface area contributed by atoms with Crippen LogP contribution in [0.15, 0.2) is 18.2 Å². The smallest absolute Gasteiger partial charge is 0.181 e. The van der Waals surface area contributed by atoms with Crippen LogP contribution in [0.4, 0.5) is 4.39 Å². The Kier molecular flexibility index (Phi) is 3.40. The number of nitrogens with zero attached hydrogens (tertiary/aromatic N) is 1. The van der Waals surface area contributed by atoms with E-state index in [1.54, 1.807) is 0 Å². The molecule has 0 fully saturated rings. The number of ether oxygens (including phenoxy) is 1. The van der Waals surface area contributed by atoms with E-state index in [4.69, 9.17) is 10.00 Å². The Hall–Kier alpha value is -1.89. The Balaban J connectivity index is 2.94. The fourth-order valence-corrected chi connectivity index (χ4v) is 1.03. The van der Waals surface area contributed by atoms with Crippen LogP contribution in [0.3, 0.4) is 0 Å². The lowest BCUT2D eigenvalue weighted by molar-refractivity contribution is 0.101. The van der Waals surface area contributed by atoms with Gasteiger partial charge in [0.25, 0.3) is 0 Å². The van der Waals surface area contributed by atoms with Gasteiger partial charge in [0, 0.05) is 5.56 Å². The molecule has 0 radical (unpaired) electrons. The van der Waals surface area contributed by atoms with Crippen LogP contribution in [0.2, 0.25) is 0 Å². The highest BCUT2D eigenvalue weighted by Gasteiger charge is 2.09. The van der Waals surface area contributed by atoms with Crippen LogP contribution in [-0.2, 0) is 0 Å². The van der Waals surface area contributed by atoms with E-state index in [0.29, 0.717) is 0 Å². The summed E-state index contributed by atoms with van der Waals surface area (Å²) in [6, 6.07) is 5.73. The SMILES string of the molecule is CC(=O)c1ccc(OC(C)C#N)c(F)c1. The molecule has 0 aliphatic carbocycles. The molecule has 0 aliphatic heterocycles. The van der Waals surface area contributed by atoms with Crippen molar-refractivity contribution < 1.29 is 13.9 Å². The van der Waals surface area contributed by atoms with Gasteiger partial charge in [-0.25, -0.2) is 4.39 Å². The number of carbonyl (C=O) groups excluding carboxylic acids is 1. The third-order valence-electron chi connectivity index (χ3n) is 1.82. The topological polar surface area (TPSA) is 50.1 Å². The van der Waals surface area contributed by atoms with E-state index in [1.807, 2.05) is 6.07 Å². The highest BCUT2D eigenvalue weighted by Crippen LogP contribution is 2.19. The number of hydrogen-bond acceptors (Lipinski definition) is 3. The molecular formula is C11H10FNO2. The van der Waals surface area contributed by atoms with Gasteiger partial charge in [0.1, 0.15) is 6.07 Å². The third kappa shape index (κ3) is 2.78. The molecule has 78 valence electrons. The monoisotopic (exact) mass is 207 g/mol. The van der Waals surface area contributed by atoms with Crippen molar-refractivity contribution in [3.05, 3.63) is 29.6 Å². The van der Waals surface area contributed by atoms with Crippen LogP contribution in [0.1, 0.15) is 24.2 Å². The minimum absolute atomic E-state index is 0.0194. The molecule has 1 atom stereocenters. The number of carbonyl (C=O) groups is 1. The van der Waals surface area contributed by atoms with Gasteiger partial charge < -0.3 is 4.74 Å². The summed E-state index contributed by atoms with van der Waals surface area (Å²) in [5.74, 6) is -0.868. The summed E-state index contributed by atoms with van der Waals surface area (Å²) in [7, 11) is 0. The van der Waals surface area contributed by atoms with Crippen LogP contribution in [0, 0.1) is 17.1 Å². The molecule has 0 heterocycles. The molecule has 1 aromatic carbocycles. The molecule has 3 nitrogen and oxygen atoms in total. The first-order chi connectivity index (χ1) is 7.04. The minimum Gasteiger partial charge on any atom is -0.473 e. The van der Waals surface area contributed by atoms with Crippen LogP contribution in [-0.4, -0.2) is 11.9 Å². The van der Waals surface area contributed by atoms with Gasteiger partial charge in [-0.2, -0.15) is 5.26 Å². The van der Waals surface area contributed by atoms with Crippen molar-refractivity contribution in [2.75, 3.05) is 0 Å². The number of benzene rings is 1. The van der Waals surface area contributed by atoms with Gasteiger partial charge in [-0.15, -0.1) is 0 Å². The molecule has 0 aromatic heterocycles. The molecule has 15 heavy (non-hydrogen) atoms. The predicted molar refractivity (Wildman–Crippen MR) is 52.1 cm³/mol. The van der Waals surface area contributed by atoms with Gasteiger partial charge in [0.15, 0.2) is 23.5 Å². The van der Waals surface area contributed by atoms with Gasteiger partial charge in [-0.05, 0) is 32.0 Å². The van der Waals surface area contributed by atoms with E-state index in [-0.39, 0.29) is 17.1 Å². The summed E-state index contributed by atoms with van der Waals surface area (Å²) in [6.07, 6.45) is -0.720. The Labute approximate surface area is 87.1 Å². The molecule has 1 aromatic rings. The second kappa shape index (κ2) is 4.56. The highest BCUT2D eigenvalue weighted by molar-refractivity contribution is 5.94. The van der Waals surface area contributed by atoms with Crippen LogP contribution in [0.25, 0.3) is 0 Å². The van der Waals surface area contributed by atoms with Gasteiger partial charge in [-0.1, -0.05) is 0 Å². The molecular weight excluding hydrogens is 197 g/mol. The summed E-state index contributed by atoms with van der Waals surface area (Å²) in [5, 5.41) is 8.48. The molecule has 1 unspecified atom stereocenters. The van der Waals surface area contributed by atoms with E-state index in [2.05, 4.69) is 0 Å². The molecule has 0 N–H and O–H groups in total. The van der Waals surface area contributed by atoms with Crippen molar-refractivity contribution in [2.45, 2.75) is 20.0 Å². The lowest BCUT2D eigenvalue weighted by Gasteiger charge is -2.08. The van der Waals surface area contributed by atoms with Crippen molar-refractivity contribution in [3.8, 4) is 11.8 Å². The maximum atomic E-state index is 13.3. The lowest BCUT2D eigenvalue weighted by atomic mass is 10.1. The predicted octanol–water partition coefficient (Wildman–Crippen LogP) is 2.32. The molecule has 0 saturated carbocycles. The fraction of sp³-hybridized carbons (Fsp3) is 0.273. The number of Topliss-reactive ketones (excluding diaryl/α,β-unsaturated/α-hetero) is 1. The zero-order chi connectivity index (χ0) is 11.4. The summed E-state index contributed by atoms with van der Waals surface area (Å²) >= 11 is 0. The van der Waals surface area contributed by atoms with Gasteiger partial charge in [-0.3, -0.25) is 4.79 Å². The standard InChI is InChI=1S/C11H10FNO2/c1-7(6-13)15-11-4-3-9(8(2)14)5-10(11)12/h3-5,7H,1-2H3. The Morgan fingerprint density at radius 1 is 1.60 bits per heavy atom. The van der Waals surface area contributed by atoms with E-state index < -0.39 is 11.9 Å². The van der Waals surface area contributed by atoms with E-state index in [1.165, 1.54) is 26.0 Å². The van der Waals surface area contributed by atoms with Crippen molar-refractivity contribution in [3.63, 3.8) is 0 Å². The average Bonchev–Trinajstić information content (AvgIpc) is 2.20. The third-order valence-corrected chi connectivity index (χ3v) is 1.82. The van der Waals surface area contributed by atoms with E-state index in [9.17, 15) is 9.18 Å². The number of ketones is 1. The van der Waals surface area contributed by atoms with Gasteiger partial charge >= 0.3 is 0 Å². The first-order valence-electron chi connectivity index (χ1n) is 4.41. The minimum atomic E-state index is -0.720. The number of rotatable bonds is 3. The Morgan fingerprint density at radius 2 is 2.27 bits per heavy atom. The summed E-state index contributed by atoms with van der Waals surface area (Å²) in [6.45, 7) is 2.87. The number of hydrogen-bond donors (Lipinski definition) is 0. The highest BCUT2D eigenvalue weighted by atomic mass is 19.1. The Morgan fingerprint density at radius 3 is 2.73 bits per heavy atom. The fourth-order valence-electron chi connectivity index (χ4n) is 1.03. The van der Waals surface area contributed by atoms with Crippen LogP contribution < -0.4 is 4.74 Å². The van der Waals surface area contributed by atoms with Crippen molar-refractivity contribution in [1.82, 2.24) is 0 Å². The second-order valence-corrected chi connectivity index (χ2v) is 3.09. The van der Waals surface area contributed by atoms with Crippen LogP contribution in [0.5, 0.6) is 5.75 Å².